The van der Waals surface area contributed by atoms with Crippen LogP contribution in [0, 0.1) is 0 Å². The van der Waals surface area contributed by atoms with Crippen LogP contribution in [0.15, 0.2) is 33.8 Å². The third kappa shape index (κ3) is 4.46. The fourth-order valence-corrected chi connectivity index (χ4v) is 4.30. The van der Waals surface area contributed by atoms with Gasteiger partial charge in [0.2, 0.25) is 4.96 Å². The van der Waals surface area contributed by atoms with Gasteiger partial charge in [-0.2, -0.15) is 9.61 Å². The van der Waals surface area contributed by atoms with Gasteiger partial charge in [0.05, 0.1) is 0 Å². The van der Waals surface area contributed by atoms with Gasteiger partial charge in [0.25, 0.3) is 5.56 Å². The van der Waals surface area contributed by atoms with Crippen LogP contribution >= 0.6 is 27.3 Å². The fraction of sp³-hybridized carbons (Fsp3) is 0.421. The van der Waals surface area contributed by atoms with Crippen molar-refractivity contribution in [2.75, 3.05) is 31.1 Å². The molecule has 0 saturated carbocycles. The van der Waals surface area contributed by atoms with Crippen LogP contribution in [0.2, 0.25) is 0 Å². The van der Waals surface area contributed by atoms with Crippen LogP contribution in [-0.2, 0) is 4.74 Å². The second kappa shape index (κ2) is 7.95. The number of anilines is 1. The number of piperazine rings is 1. The molecule has 0 N–H and O–H groups in total. The maximum atomic E-state index is 12.6. The van der Waals surface area contributed by atoms with E-state index in [9.17, 15) is 9.59 Å². The zero-order chi connectivity index (χ0) is 21.5. The van der Waals surface area contributed by atoms with Gasteiger partial charge in [0.1, 0.15) is 16.4 Å². The molecule has 4 heterocycles. The van der Waals surface area contributed by atoms with Crippen LogP contribution in [0.4, 0.5) is 10.6 Å². The van der Waals surface area contributed by atoms with Crippen molar-refractivity contribution in [3.63, 3.8) is 0 Å². The number of hydrogen-bond donors (Lipinski definition) is 0. The van der Waals surface area contributed by atoms with Crippen molar-refractivity contribution in [2.24, 2.45) is 0 Å². The summed E-state index contributed by atoms with van der Waals surface area (Å²) >= 11 is 4.73. The second-order valence-electron chi connectivity index (χ2n) is 7.90. The standard InChI is InChI=1S/C19H21BrN6O3S/c1-19(2,3)29-18(28)25-6-4-24(5-7-25)14-9-15(27)26-17(22-14)30-16(23-26)12-8-13(20)11-21-10-12/h8-11H,4-7H2,1-3H3. The number of ether oxygens (including phenoxy) is 1. The number of halogens is 1. The molecule has 0 spiro atoms. The predicted octanol–water partition coefficient (Wildman–Crippen LogP) is 3.03. The smallest absolute Gasteiger partial charge is 0.410 e. The Bertz CT molecular complexity index is 1150. The van der Waals surface area contributed by atoms with E-state index in [1.54, 1.807) is 17.3 Å². The van der Waals surface area contributed by atoms with Crippen molar-refractivity contribution in [1.82, 2.24) is 24.5 Å². The lowest BCUT2D eigenvalue weighted by molar-refractivity contribution is 0.0240. The highest BCUT2D eigenvalue weighted by atomic mass is 79.9. The van der Waals surface area contributed by atoms with Crippen molar-refractivity contribution in [3.05, 3.63) is 39.4 Å². The molecule has 1 saturated heterocycles. The van der Waals surface area contributed by atoms with Gasteiger partial charge in [-0.1, -0.05) is 11.3 Å². The van der Waals surface area contributed by atoms with E-state index in [0.29, 0.717) is 42.0 Å². The molecule has 30 heavy (non-hydrogen) atoms. The summed E-state index contributed by atoms with van der Waals surface area (Å²) in [6, 6.07) is 3.38. The lowest BCUT2D eigenvalue weighted by atomic mass is 10.2. The molecule has 0 unspecified atom stereocenters. The first-order chi connectivity index (χ1) is 14.2. The van der Waals surface area contributed by atoms with E-state index in [1.807, 2.05) is 31.7 Å². The molecule has 11 heteroatoms. The first-order valence-electron chi connectivity index (χ1n) is 9.44. The molecule has 1 aliphatic heterocycles. The molecule has 3 aromatic rings. The number of rotatable bonds is 2. The highest BCUT2D eigenvalue weighted by molar-refractivity contribution is 9.10. The molecule has 0 aliphatic carbocycles. The normalized spacial score (nSPS) is 14.9. The van der Waals surface area contributed by atoms with Crippen molar-refractivity contribution >= 4 is 44.1 Å². The van der Waals surface area contributed by atoms with Crippen LogP contribution in [0.25, 0.3) is 15.5 Å². The van der Waals surface area contributed by atoms with E-state index in [2.05, 4.69) is 31.0 Å². The molecule has 0 aromatic carbocycles. The molecule has 0 atom stereocenters. The van der Waals surface area contributed by atoms with Gasteiger partial charge < -0.3 is 14.5 Å². The summed E-state index contributed by atoms with van der Waals surface area (Å²) in [5.74, 6) is 0.589. The summed E-state index contributed by atoms with van der Waals surface area (Å²) in [6.45, 7) is 7.71. The predicted molar refractivity (Wildman–Crippen MR) is 118 cm³/mol. The lowest BCUT2D eigenvalue weighted by Crippen LogP contribution is -2.50. The molecule has 3 aromatic heterocycles. The molecule has 1 fully saturated rings. The average Bonchev–Trinajstić information content (AvgIpc) is 3.12. The van der Waals surface area contributed by atoms with E-state index in [4.69, 9.17) is 4.74 Å². The highest BCUT2D eigenvalue weighted by Gasteiger charge is 2.27. The number of amides is 1. The van der Waals surface area contributed by atoms with E-state index >= 15 is 0 Å². The van der Waals surface area contributed by atoms with Gasteiger partial charge in [0.15, 0.2) is 0 Å². The minimum absolute atomic E-state index is 0.241. The molecule has 0 radical (unpaired) electrons. The summed E-state index contributed by atoms with van der Waals surface area (Å²) < 4.78 is 7.58. The van der Waals surface area contributed by atoms with E-state index < -0.39 is 5.60 Å². The van der Waals surface area contributed by atoms with Crippen molar-refractivity contribution in [1.29, 1.82) is 0 Å². The van der Waals surface area contributed by atoms with Gasteiger partial charge in [-0.05, 0) is 42.8 Å². The number of pyridine rings is 1. The third-order valence-electron chi connectivity index (χ3n) is 4.44. The van der Waals surface area contributed by atoms with Crippen LogP contribution in [0.5, 0.6) is 0 Å². The Labute approximate surface area is 185 Å². The zero-order valence-electron chi connectivity index (χ0n) is 16.8. The average molecular weight is 493 g/mol. The number of hydrogen-bond acceptors (Lipinski definition) is 8. The Balaban J connectivity index is 1.53. The quantitative estimate of drug-likeness (QED) is 0.542. The maximum absolute atomic E-state index is 12.6. The SMILES string of the molecule is CC(C)(C)OC(=O)N1CCN(c2cc(=O)n3nc(-c4cncc(Br)c4)sc3n2)CC1. The number of aromatic nitrogens is 4. The monoisotopic (exact) mass is 492 g/mol. The van der Waals surface area contributed by atoms with Crippen LogP contribution in [0.3, 0.4) is 0 Å². The summed E-state index contributed by atoms with van der Waals surface area (Å²) in [5.41, 5.74) is 0.0466. The Morgan fingerprint density at radius 3 is 2.57 bits per heavy atom. The number of carbonyl (C=O) groups excluding carboxylic acids is 1. The first kappa shape index (κ1) is 20.7. The van der Waals surface area contributed by atoms with E-state index in [1.165, 1.54) is 21.9 Å². The van der Waals surface area contributed by atoms with Crippen LogP contribution in [0.1, 0.15) is 20.8 Å². The second-order valence-corrected chi connectivity index (χ2v) is 9.77. The molecule has 0 bridgehead atoms. The molecule has 9 nitrogen and oxygen atoms in total. The third-order valence-corrected chi connectivity index (χ3v) is 5.83. The van der Waals surface area contributed by atoms with Gasteiger partial charge in [-0.25, -0.2) is 9.78 Å². The van der Waals surface area contributed by atoms with Gasteiger partial charge >= 0.3 is 6.09 Å². The molecular formula is C19H21BrN6O3S. The van der Waals surface area contributed by atoms with Gasteiger partial charge in [-0.3, -0.25) is 9.78 Å². The summed E-state index contributed by atoms with van der Waals surface area (Å²) in [5, 5.41) is 5.06. The van der Waals surface area contributed by atoms with Crippen molar-refractivity contribution in [3.8, 4) is 10.6 Å². The Hall–Kier alpha value is -2.53. The molecular weight excluding hydrogens is 472 g/mol. The molecule has 1 amide bonds. The van der Waals surface area contributed by atoms with Crippen molar-refractivity contribution in [2.45, 2.75) is 26.4 Å². The number of fused-ring (bicyclic) bond motifs is 1. The lowest BCUT2D eigenvalue weighted by Gasteiger charge is -2.36. The topological polar surface area (TPSA) is 92.9 Å². The highest BCUT2D eigenvalue weighted by Crippen LogP contribution is 2.26. The largest absolute Gasteiger partial charge is 0.444 e. The fourth-order valence-electron chi connectivity index (χ4n) is 3.05. The molecule has 4 rings (SSSR count). The van der Waals surface area contributed by atoms with E-state index in [-0.39, 0.29) is 11.7 Å². The van der Waals surface area contributed by atoms with Crippen molar-refractivity contribution < 1.29 is 9.53 Å². The van der Waals surface area contributed by atoms with Crippen LogP contribution < -0.4 is 10.5 Å². The summed E-state index contributed by atoms with van der Waals surface area (Å²) in [7, 11) is 0. The summed E-state index contributed by atoms with van der Waals surface area (Å²) in [6.07, 6.45) is 3.07. The minimum Gasteiger partial charge on any atom is -0.444 e. The Morgan fingerprint density at radius 1 is 1.17 bits per heavy atom. The Kier molecular flexibility index (Phi) is 5.49. The maximum Gasteiger partial charge on any atom is 0.410 e. The summed E-state index contributed by atoms with van der Waals surface area (Å²) in [4.78, 5) is 37.8. The van der Waals surface area contributed by atoms with E-state index in [0.717, 1.165) is 10.0 Å². The number of nitrogens with zero attached hydrogens (tertiary/aromatic N) is 6. The molecule has 158 valence electrons. The zero-order valence-corrected chi connectivity index (χ0v) is 19.2. The minimum atomic E-state index is -0.525. The first-order valence-corrected chi connectivity index (χ1v) is 11.1. The number of carbonyl (C=O) groups is 1. The Morgan fingerprint density at radius 2 is 1.90 bits per heavy atom. The molecule has 1 aliphatic rings. The van der Waals surface area contributed by atoms with Gasteiger partial charge in [0, 0.05) is 54.7 Å². The van der Waals surface area contributed by atoms with Gasteiger partial charge in [-0.15, -0.1) is 0 Å². The van der Waals surface area contributed by atoms with Crippen LogP contribution in [-0.4, -0.2) is 62.4 Å².